The molecular formula is C28H17Cl4N3O2. The van der Waals surface area contributed by atoms with Crippen molar-refractivity contribution >= 4 is 58.1 Å². The number of nitrogens with zero attached hydrogens (tertiary/aromatic N) is 2. The molecule has 0 aliphatic carbocycles. The summed E-state index contributed by atoms with van der Waals surface area (Å²) in [6, 6.07) is 26.2. The summed E-state index contributed by atoms with van der Waals surface area (Å²) >= 11 is 24.1. The van der Waals surface area contributed by atoms with Crippen LogP contribution >= 0.6 is 46.4 Å². The van der Waals surface area contributed by atoms with Gasteiger partial charge in [-0.05, 0) is 66.2 Å². The van der Waals surface area contributed by atoms with Gasteiger partial charge in [0.2, 0.25) is 0 Å². The third-order valence-electron chi connectivity index (χ3n) is 5.43. The average molecular weight is 569 g/mol. The number of amides is 1. The Labute approximate surface area is 233 Å². The van der Waals surface area contributed by atoms with Crippen molar-refractivity contribution in [1.29, 1.82) is 0 Å². The molecular weight excluding hydrogens is 552 g/mol. The smallest absolute Gasteiger partial charge is 0.346 e. The number of hydrogen-bond acceptors (Lipinski definition) is 3. The van der Waals surface area contributed by atoms with Crippen molar-refractivity contribution in [3.8, 4) is 33.9 Å². The molecule has 5 rings (SSSR count). The average Bonchev–Trinajstić information content (AvgIpc) is 3.34. The van der Waals surface area contributed by atoms with Crippen molar-refractivity contribution in [1.82, 2.24) is 9.78 Å². The van der Waals surface area contributed by atoms with Gasteiger partial charge in [0.15, 0.2) is 0 Å². The topological polar surface area (TPSA) is 56.1 Å². The zero-order chi connectivity index (χ0) is 25.9. The van der Waals surface area contributed by atoms with Gasteiger partial charge in [-0.3, -0.25) is 0 Å². The minimum absolute atomic E-state index is 0.401. The van der Waals surface area contributed by atoms with Gasteiger partial charge in [0.25, 0.3) is 0 Å². The number of aromatic nitrogens is 2. The molecule has 5 aromatic rings. The number of rotatable bonds is 5. The van der Waals surface area contributed by atoms with Crippen molar-refractivity contribution in [2.75, 3.05) is 5.32 Å². The fraction of sp³-hybridized carbons (Fsp3) is 0. The van der Waals surface area contributed by atoms with E-state index in [4.69, 9.17) is 51.1 Å². The Bertz CT molecular complexity index is 1500. The van der Waals surface area contributed by atoms with E-state index in [2.05, 4.69) is 10.4 Å². The van der Waals surface area contributed by atoms with Gasteiger partial charge >= 0.3 is 6.03 Å². The van der Waals surface area contributed by atoms with Crippen molar-refractivity contribution in [3.63, 3.8) is 0 Å². The van der Waals surface area contributed by atoms with Crippen LogP contribution in [0.5, 0.6) is 11.5 Å². The van der Waals surface area contributed by atoms with Crippen LogP contribution in [0, 0.1) is 0 Å². The maximum atomic E-state index is 13.1. The van der Waals surface area contributed by atoms with Gasteiger partial charge in [-0.15, -0.1) is 0 Å². The summed E-state index contributed by atoms with van der Waals surface area (Å²) in [6.07, 6.45) is 1.68. The van der Waals surface area contributed by atoms with Crippen molar-refractivity contribution in [2.45, 2.75) is 0 Å². The summed E-state index contributed by atoms with van der Waals surface area (Å²) in [4.78, 5) is 13.1. The van der Waals surface area contributed by atoms with Gasteiger partial charge < -0.3 is 10.1 Å². The third-order valence-corrected chi connectivity index (χ3v) is 6.67. The van der Waals surface area contributed by atoms with E-state index in [9.17, 15) is 4.79 Å². The molecule has 4 aromatic carbocycles. The SMILES string of the molecule is O=C(Nc1ccc(Oc2ccc(Cl)c(Cl)c2)cc1)n1cc(-c2ccc(Cl)cc2)c(-c2ccc(Cl)cc2)n1. The lowest BCUT2D eigenvalue weighted by Gasteiger charge is -2.09. The number of carbonyl (C=O) groups is 1. The van der Waals surface area contributed by atoms with Crippen LogP contribution in [0.4, 0.5) is 10.5 Å². The highest BCUT2D eigenvalue weighted by Crippen LogP contribution is 2.33. The molecule has 0 saturated carbocycles. The Morgan fingerprint density at radius 1 is 0.703 bits per heavy atom. The predicted octanol–water partition coefficient (Wildman–Crippen LogP) is 9.70. The van der Waals surface area contributed by atoms with Gasteiger partial charge in [0.05, 0.1) is 10.0 Å². The Kier molecular flexibility index (Phi) is 7.40. The fourth-order valence-corrected chi connectivity index (χ4v) is 4.14. The van der Waals surface area contributed by atoms with Gasteiger partial charge in [-0.1, -0.05) is 70.7 Å². The molecule has 1 heterocycles. The molecule has 0 spiro atoms. The second-order valence-corrected chi connectivity index (χ2v) is 9.67. The van der Waals surface area contributed by atoms with E-state index in [-0.39, 0.29) is 0 Å². The number of ether oxygens (including phenoxy) is 1. The summed E-state index contributed by atoms with van der Waals surface area (Å²) in [7, 11) is 0. The van der Waals surface area contributed by atoms with E-state index < -0.39 is 6.03 Å². The number of carbonyl (C=O) groups excluding carboxylic acids is 1. The van der Waals surface area contributed by atoms with Crippen molar-refractivity contribution in [3.05, 3.63) is 117 Å². The molecule has 1 N–H and O–H groups in total. The van der Waals surface area contributed by atoms with Crippen LogP contribution in [0.1, 0.15) is 0 Å². The Hall–Kier alpha value is -3.48. The first kappa shape index (κ1) is 25.2. The highest BCUT2D eigenvalue weighted by Gasteiger charge is 2.17. The maximum Gasteiger partial charge on any atom is 0.346 e. The summed E-state index contributed by atoms with van der Waals surface area (Å²) < 4.78 is 7.07. The number of benzene rings is 4. The van der Waals surface area contributed by atoms with Gasteiger partial charge in [0, 0.05) is 39.1 Å². The molecule has 184 valence electrons. The zero-order valence-electron chi connectivity index (χ0n) is 19.0. The van der Waals surface area contributed by atoms with Crippen LogP contribution in [0.25, 0.3) is 22.4 Å². The van der Waals surface area contributed by atoms with Gasteiger partial charge in [0.1, 0.15) is 17.2 Å². The summed E-state index contributed by atoms with van der Waals surface area (Å²) in [5.41, 5.74) is 3.68. The largest absolute Gasteiger partial charge is 0.457 e. The molecule has 0 aliphatic rings. The van der Waals surface area contributed by atoms with E-state index in [1.165, 1.54) is 4.68 Å². The molecule has 5 nitrogen and oxygen atoms in total. The van der Waals surface area contributed by atoms with E-state index in [1.807, 2.05) is 24.3 Å². The molecule has 0 fully saturated rings. The van der Waals surface area contributed by atoms with Crippen LogP contribution in [-0.2, 0) is 0 Å². The first-order valence-electron chi connectivity index (χ1n) is 11.0. The number of halogens is 4. The Balaban J connectivity index is 1.38. The lowest BCUT2D eigenvalue weighted by Crippen LogP contribution is -2.19. The molecule has 9 heteroatoms. The molecule has 0 unspecified atom stereocenters. The lowest BCUT2D eigenvalue weighted by molar-refractivity contribution is 0.251. The molecule has 0 bridgehead atoms. The molecule has 0 aliphatic heterocycles. The first-order valence-corrected chi connectivity index (χ1v) is 12.5. The number of hydrogen-bond donors (Lipinski definition) is 1. The standard InChI is InChI=1S/C28H17Cl4N3O2/c29-19-5-1-17(2-6-19)24-16-35(34-27(24)18-3-7-20(30)8-4-18)28(36)33-21-9-11-22(12-10-21)37-23-13-14-25(31)26(32)15-23/h1-16H,(H,33,36). The van der Waals surface area contributed by atoms with Crippen LogP contribution in [0.15, 0.2) is 97.2 Å². The van der Waals surface area contributed by atoms with E-state index in [0.29, 0.717) is 43.0 Å². The van der Waals surface area contributed by atoms with Crippen molar-refractivity contribution < 1.29 is 9.53 Å². The highest BCUT2D eigenvalue weighted by molar-refractivity contribution is 6.42. The Morgan fingerprint density at radius 3 is 1.92 bits per heavy atom. The van der Waals surface area contributed by atoms with E-state index in [0.717, 1.165) is 16.7 Å². The van der Waals surface area contributed by atoms with Gasteiger partial charge in [-0.25, -0.2) is 4.79 Å². The van der Waals surface area contributed by atoms with Crippen LogP contribution in [0.3, 0.4) is 0 Å². The molecule has 0 saturated heterocycles. The summed E-state index contributed by atoms with van der Waals surface area (Å²) in [6.45, 7) is 0. The number of nitrogens with one attached hydrogen (secondary N) is 1. The molecule has 1 aromatic heterocycles. The fourth-order valence-electron chi connectivity index (χ4n) is 3.60. The second-order valence-electron chi connectivity index (χ2n) is 7.98. The van der Waals surface area contributed by atoms with E-state index >= 15 is 0 Å². The minimum Gasteiger partial charge on any atom is -0.457 e. The summed E-state index contributed by atoms with van der Waals surface area (Å²) in [5.74, 6) is 1.12. The van der Waals surface area contributed by atoms with Gasteiger partial charge in [-0.2, -0.15) is 9.78 Å². The molecule has 0 atom stereocenters. The maximum absolute atomic E-state index is 13.1. The monoisotopic (exact) mass is 567 g/mol. The quantitative estimate of drug-likeness (QED) is 0.229. The van der Waals surface area contributed by atoms with Crippen LogP contribution < -0.4 is 10.1 Å². The van der Waals surface area contributed by atoms with Crippen LogP contribution in [-0.4, -0.2) is 15.8 Å². The van der Waals surface area contributed by atoms with E-state index in [1.54, 1.807) is 72.9 Å². The summed E-state index contributed by atoms with van der Waals surface area (Å²) in [5, 5.41) is 9.51. The normalized spacial score (nSPS) is 10.8. The third kappa shape index (κ3) is 5.92. The highest BCUT2D eigenvalue weighted by atomic mass is 35.5. The molecule has 37 heavy (non-hydrogen) atoms. The van der Waals surface area contributed by atoms with Crippen molar-refractivity contribution in [2.24, 2.45) is 0 Å². The lowest BCUT2D eigenvalue weighted by atomic mass is 10.0. The second kappa shape index (κ2) is 10.9. The first-order chi connectivity index (χ1) is 17.9. The predicted molar refractivity (Wildman–Crippen MR) is 151 cm³/mol. The zero-order valence-corrected chi connectivity index (χ0v) is 22.0. The molecule has 1 amide bonds. The molecule has 0 radical (unpaired) electrons. The Morgan fingerprint density at radius 2 is 1.30 bits per heavy atom. The number of anilines is 1. The minimum atomic E-state index is -0.423. The van der Waals surface area contributed by atoms with Crippen LogP contribution in [0.2, 0.25) is 20.1 Å².